The third-order valence-electron chi connectivity index (χ3n) is 10.0. The van der Waals surface area contributed by atoms with Gasteiger partial charge < -0.3 is 34.2 Å². The first-order chi connectivity index (χ1) is 24.7. The van der Waals surface area contributed by atoms with Crippen molar-refractivity contribution in [1.29, 1.82) is 0 Å². The predicted molar refractivity (Wildman–Crippen MR) is 192 cm³/mol. The first kappa shape index (κ1) is 41.0. The van der Waals surface area contributed by atoms with Crippen molar-refractivity contribution >= 4 is 35.7 Å². The van der Waals surface area contributed by atoms with E-state index in [2.05, 4.69) is 0 Å². The molecule has 5 rings (SSSR count). The molecule has 3 heterocycles. The lowest BCUT2D eigenvalue weighted by Crippen LogP contribution is -2.49. The molecule has 3 aliphatic heterocycles. The lowest BCUT2D eigenvalue weighted by atomic mass is 9.74. The largest absolute Gasteiger partial charge is 0.481 e. The second kappa shape index (κ2) is 15.7. The predicted octanol–water partition coefficient (Wildman–Crippen LogP) is 4.48. The molecule has 3 fully saturated rings. The molecule has 13 heteroatoms. The molecule has 0 aliphatic carbocycles. The Kier molecular flexibility index (Phi) is 12.1. The number of aliphatic hydroxyl groups excluding tert-OH is 1. The summed E-state index contributed by atoms with van der Waals surface area (Å²) >= 11 is 0. The fraction of sp³-hybridized carbons (Fsp3) is 0.550. The minimum Gasteiger partial charge on any atom is -0.481 e. The summed E-state index contributed by atoms with van der Waals surface area (Å²) in [6.45, 7) is 13.4. The van der Waals surface area contributed by atoms with Gasteiger partial charge in [-0.15, -0.1) is 0 Å². The zero-order valence-electron chi connectivity index (χ0n) is 31.8. The highest BCUT2D eigenvalue weighted by Crippen LogP contribution is 2.48. The number of amides is 2. The van der Waals surface area contributed by atoms with Crippen LogP contribution < -0.4 is 0 Å². The van der Waals surface area contributed by atoms with Crippen molar-refractivity contribution in [3.8, 4) is 0 Å². The number of aliphatic carboxylic acids is 1. The minimum absolute atomic E-state index is 0.0745. The van der Waals surface area contributed by atoms with Crippen LogP contribution >= 0.6 is 0 Å². The molecule has 13 nitrogen and oxygen atoms in total. The SMILES string of the molecule is C[C@H](c1ccccc1)N1C[C@@](CC(=O)O)(C(=O)OC(C)(C)C)[C@@H](CO)C1=O.C[C@H](c1ccccc1)N1C[C@]2(C(=O)OC(C)(C)C)CC(=O)OC[C@H]2C1=O. The molecule has 2 amide bonds. The van der Waals surface area contributed by atoms with Crippen molar-refractivity contribution < 1.29 is 53.2 Å². The van der Waals surface area contributed by atoms with Gasteiger partial charge in [0.25, 0.3) is 0 Å². The number of esters is 3. The topological polar surface area (TPSA) is 177 Å². The molecule has 3 saturated heterocycles. The Hall–Kier alpha value is -4.78. The van der Waals surface area contributed by atoms with Gasteiger partial charge in [-0.1, -0.05) is 60.7 Å². The molecule has 0 radical (unpaired) electrons. The number of rotatable bonds is 9. The third kappa shape index (κ3) is 8.89. The van der Waals surface area contributed by atoms with Crippen LogP contribution in [0.3, 0.4) is 0 Å². The number of aliphatic hydroxyl groups is 1. The standard InChI is InChI=1S/C20H27NO6.C20H25NO5/c1-13(14-8-6-5-7-9-14)21-12-20(10-16(23)24,15(11-22)17(21)25)18(26)27-19(2,3)4;1-13(14-8-6-5-7-9-14)21-12-20(18(24)26-19(2,3)4)10-16(22)25-11-15(20)17(21)23/h5-9,13,15,22H,10-12H2,1-4H3,(H,23,24);5-9,13,15H,10-12H2,1-4H3/t2*13-,15+,20-/m11/s1. The summed E-state index contributed by atoms with van der Waals surface area (Å²) in [4.78, 5) is 78.6. The highest BCUT2D eigenvalue weighted by molar-refractivity contribution is 5.97. The van der Waals surface area contributed by atoms with Crippen LogP contribution in [0.2, 0.25) is 0 Å². The molecule has 53 heavy (non-hydrogen) atoms. The van der Waals surface area contributed by atoms with Crippen molar-refractivity contribution in [3.05, 3.63) is 71.8 Å². The third-order valence-corrected chi connectivity index (χ3v) is 10.0. The van der Waals surface area contributed by atoms with E-state index in [1.807, 2.05) is 74.5 Å². The second-order valence-corrected chi connectivity index (χ2v) is 16.1. The molecule has 0 saturated carbocycles. The molecule has 0 unspecified atom stereocenters. The number of carboxylic acid groups (broad SMARTS) is 1. The van der Waals surface area contributed by atoms with Crippen LogP contribution in [-0.2, 0) is 43.0 Å². The van der Waals surface area contributed by atoms with Crippen molar-refractivity contribution in [1.82, 2.24) is 9.80 Å². The van der Waals surface area contributed by atoms with E-state index in [-0.39, 0.29) is 44.1 Å². The van der Waals surface area contributed by atoms with E-state index < -0.39 is 76.7 Å². The number of likely N-dealkylation sites (tertiary alicyclic amines) is 2. The number of ether oxygens (including phenoxy) is 3. The van der Waals surface area contributed by atoms with Gasteiger partial charge >= 0.3 is 23.9 Å². The maximum Gasteiger partial charge on any atom is 0.315 e. The van der Waals surface area contributed by atoms with E-state index in [9.17, 15) is 39.0 Å². The Morgan fingerprint density at radius 2 is 1.26 bits per heavy atom. The number of benzene rings is 2. The van der Waals surface area contributed by atoms with E-state index in [0.717, 1.165) is 11.1 Å². The average Bonchev–Trinajstić information content (AvgIpc) is 3.54. The molecule has 2 aromatic rings. The normalized spacial score (nSPS) is 25.4. The second-order valence-electron chi connectivity index (χ2n) is 16.1. The summed E-state index contributed by atoms with van der Waals surface area (Å²) < 4.78 is 16.1. The van der Waals surface area contributed by atoms with E-state index in [1.54, 1.807) is 46.4 Å². The molecule has 0 spiro atoms. The van der Waals surface area contributed by atoms with Crippen LogP contribution in [-0.4, -0.2) is 93.2 Å². The smallest absolute Gasteiger partial charge is 0.315 e. The van der Waals surface area contributed by atoms with Gasteiger partial charge in [-0.2, -0.15) is 0 Å². The van der Waals surface area contributed by atoms with Gasteiger partial charge in [0.05, 0.1) is 43.4 Å². The number of nitrogens with zero attached hydrogens (tertiary/aromatic N) is 2. The number of carbonyl (C=O) groups excluding carboxylic acids is 5. The van der Waals surface area contributed by atoms with Gasteiger partial charge in [-0.3, -0.25) is 28.8 Å². The van der Waals surface area contributed by atoms with Crippen molar-refractivity contribution in [2.75, 3.05) is 26.3 Å². The van der Waals surface area contributed by atoms with Crippen LogP contribution in [0.15, 0.2) is 60.7 Å². The van der Waals surface area contributed by atoms with Crippen molar-refractivity contribution in [2.24, 2.45) is 22.7 Å². The van der Waals surface area contributed by atoms with Crippen LogP contribution in [0.4, 0.5) is 0 Å². The molecule has 0 bridgehead atoms. The highest BCUT2D eigenvalue weighted by atomic mass is 16.6. The van der Waals surface area contributed by atoms with Gasteiger partial charge in [-0.25, -0.2) is 0 Å². The highest BCUT2D eigenvalue weighted by Gasteiger charge is 2.63. The van der Waals surface area contributed by atoms with E-state index in [0.29, 0.717) is 0 Å². The van der Waals surface area contributed by atoms with Crippen LogP contribution in [0.1, 0.15) is 91.4 Å². The fourth-order valence-corrected chi connectivity index (χ4v) is 7.25. The molecule has 2 N–H and O–H groups in total. The Balaban J connectivity index is 0.000000237. The van der Waals surface area contributed by atoms with Crippen LogP contribution in [0.25, 0.3) is 0 Å². The summed E-state index contributed by atoms with van der Waals surface area (Å²) in [5.41, 5.74) is -2.51. The first-order valence-electron chi connectivity index (χ1n) is 17.8. The summed E-state index contributed by atoms with van der Waals surface area (Å²) in [7, 11) is 0. The summed E-state index contributed by atoms with van der Waals surface area (Å²) in [6, 6.07) is 18.3. The van der Waals surface area contributed by atoms with Gasteiger partial charge in [0, 0.05) is 13.1 Å². The number of cyclic esters (lactones) is 1. The lowest BCUT2D eigenvalue weighted by molar-refractivity contribution is -0.183. The quantitative estimate of drug-likeness (QED) is 0.274. The average molecular weight is 737 g/mol. The van der Waals surface area contributed by atoms with Gasteiger partial charge in [-0.05, 0) is 66.5 Å². The summed E-state index contributed by atoms with van der Waals surface area (Å²) in [5.74, 6) is -5.41. The molecule has 6 atom stereocenters. The molecular weight excluding hydrogens is 684 g/mol. The van der Waals surface area contributed by atoms with E-state index in [4.69, 9.17) is 14.2 Å². The first-order valence-corrected chi connectivity index (χ1v) is 17.8. The number of hydrogen-bond acceptors (Lipinski definition) is 10. The number of fused-ring (bicyclic) bond motifs is 1. The van der Waals surface area contributed by atoms with E-state index >= 15 is 0 Å². The van der Waals surface area contributed by atoms with Crippen LogP contribution in [0, 0.1) is 22.7 Å². The monoisotopic (exact) mass is 736 g/mol. The Morgan fingerprint density at radius 1 is 0.792 bits per heavy atom. The molecule has 3 aliphatic rings. The Labute approximate surface area is 310 Å². The number of carbonyl (C=O) groups is 6. The fourth-order valence-electron chi connectivity index (χ4n) is 7.25. The molecule has 2 aromatic carbocycles. The Morgan fingerprint density at radius 3 is 1.72 bits per heavy atom. The zero-order chi connectivity index (χ0) is 39.5. The lowest BCUT2D eigenvalue weighted by Gasteiger charge is -2.36. The summed E-state index contributed by atoms with van der Waals surface area (Å²) in [6.07, 6.45) is -0.715. The minimum atomic E-state index is -1.63. The maximum atomic E-state index is 13.1. The van der Waals surface area contributed by atoms with Gasteiger partial charge in [0.15, 0.2) is 0 Å². The zero-order valence-corrected chi connectivity index (χ0v) is 31.8. The van der Waals surface area contributed by atoms with Gasteiger partial charge in [0.2, 0.25) is 11.8 Å². The molecule has 0 aromatic heterocycles. The number of hydrogen-bond donors (Lipinski definition) is 2. The van der Waals surface area contributed by atoms with Crippen LogP contribution in [0.5, 0.6) is 0 Å². The van der Waals surface area contributed by atoms with Crippen molar-refractivity contribution in [3.63, 3.8) is 0 Å². The molecule has 288 valence electrons. The van der Waals surface area contributed by atoms with Gasteiger partial charge in [0.1, 0.15) is 28.6 Å². The Bertz CT molecular complexity index is 1680. The van der Waals surface area contributed by atoms with E-state index in [1.165, 1.54) is 4.90 Å². The summed E-state index contributed by atoms with van der Waals surface area (Å²) in [5, 5.41) is 19.3. The molecular formula is C40H52N2O11. The number of carboxylic acids is 1. The maximum absolute atomic E-state index is 13.1. The van der Waals surface area contributed by atoms with Crippen molar-refractivity contribution in [2.45, 2.75) is 91.5 Å².